The number of hydrogen-bond donors (Lipinski definition) is 1. The number of likely N-dealkylation sites (N-methyl/N-ethyl adjacent to an activating group) is 1. The van der Waals surface area contributed by atoms with E-state index in [0.717, 1.165) is 49.7 Å². The standard InChI is InChI=1S/C17H29N3O/c1-3-9-18-11-16-6-7-17(21-16)13-20-10-8-14-4-5-15(12-20)19(14)2/h6-7,14-15,18H,3-5,8-13H2,1-2H3. The summed E-state index contributed by atoms with van der Waals surface area (Å²) in [5, 5.41) is 3.39. The Morgan fingerprint density at radius 1 is 1.19 bits per heavy atom. The molecule has 4 heteroatoms. The van der Waals surface area contributed by atoms with E-state index in [1.807, 2.05) is 0 Å². The molecule has 2 aliphatic heterocycles. The van der Waals surface area contributed by atoms with Gasteiger partial charge in [-0.15, -0.1) is 0 Å². The van der Waals surface area contributed by atoms with Crippen LogP contribution in [-0.2, 0) is 13.1 Å². The quantitative estimate of drug-likeness (QED) is 0.816. The summed E-state index contributed by atoms with van der Waals surface area (Å²) in [5.74, 6) is 2.18. The molecule has 1 aromatic rings. The van der Waals surface area contributed by atoms with Gasteiger partial charge in [0.25, 0.3) is 0 Å². The number of rotatable bonds is 6. The van der Waals surface area contributed by atoms with Crippen LogP contribution in [0.1, 0.15) is 44.1 Å². The molecule has 2 atom stereocenters. The van der Waals surface area contributed by atoms with Crippen molar-refractivity contribution in [1.82, 2.24) is 15.1 Å². The molecule has 0 aromatic carbocycles. The molecule has 3 heterocycles. The van der Waals surface area contributed by atoms with Gasteiger partial charge in [0.05, 0.1) is 13.1 Å². The van der Waals surface area contributed by atoms with Crippen LogP contribution in [0.25, 0.3) is 0 Å². The van der Waals surface area contributed by atoms with E-state index in [4.69, 9.17) is 4.42 Å². The first-order chi connectivity index (χ1) is 10.3. The molecule has 21 heavy (non-hydrogen) atoms. The van der Waals surface area contributed by atoms with Crippen molar-refractivity contribution in [2.24, 2.45) is 0 Å². The van der Waals surface area contributed by atoms with E-state index >= 15 is 0 Å². The van der Waals surface area contributed by atoms with Crippen molar-refractivity contribution in [2.75, 3.05) is 26.7 Å². The Morgan fingerprint density at radius 2 is 2.00 bits per heavy atom. The maximum atomic E-state index is 5.96. The molecule has 0 saturated carbocycles. The van der Waals surface area contributed by atoms with Crippen LogP contribution in [0.3, 0.4) is 0 Å². The number of furan rings is 1. The third kappa shape index (κ3) is 3.68. The molecule has 0 amide bonds. The summed E-state index contributed by atoms with van der Waals surface area (Å²) in [5.41, 5.74) is 0. The van der Waals surface area contributed by atoms with Crippen molar-refractivity contribution in [2.45, 2.75) is 57.8 Å². The first kappa shape index (κ1) is 15.1. The molecular weight excluding hydrogens is 262 g/mol. The van der Waals surface area contributed by atoms with E-state index < -0.39 is 0 Å². The van der Waals surface area contributed by atoms with Gasteiger partial charge >= 0.3 is 0 Å². The summed E-state index contributed by atoms with van der Waals surface area (Å²) in [6.45, 7) is 7.45. The summed E-state index contributed by atoms with van der Waals surface area (Å²) < 4.78 is 5.96. The van der Waals surface area contributed by atoms with Gasteiger partial charge in [-0.1, -0.05) is 6.92 Å². The Morgan fingerprint density at radius 3 is 2.86 bits per heavy atom. The molecule has 1 aromatic heterocycles. The van der Waals surface area contributed by atoms with Crippen LogP contribution >= 0.6 is 0 Å². The predicted octanol–water partition coefficient (Wildman–Crippen LogP) is 2.45. The van der Waals surface area contributed by atoms with Gasteiger partial charge in [-0.2, -0.15) is 0 Å². The zero-order valence-electron chi connectivity index (χ0n) is 13.5. The predicted molar refractivity (Wildman–Crippen MR) is 85.2 cm³/mol. The van der Waals surface area contributed by atoms with E-state index in [2.05, 4.69) is 41.2 Å². The normalized spacial score (nSPS) is 27.1. The fourth-order valence-corrected chi connectivity index (χ4v) is 3.73. The smallest absolute Gasteiger partial charge is 0.118 e. The number of nitrogens with zero attached hydrogens (tertiary/aromatic N) is 2. The van der Waals surface area contributed by atoms with Gasteiger partial charge in [0.15, 0.2) is 0 Å². The highest BCUT2D eigenvalue weighted by molar-refractivity contribution is 5.07. The Hall–Kier alpha value is -0.840. The summed E-state index contributed by atoms with van der Waals surface area (Å²) >= 11 is 0. The van der Waals surface area contributed by atoms with Gasteiger partial charge in [-0.3, -0.25) is 9.80 Å². The van der Waals surface area contributed by atoms with Crippen LogP contribution in [0.2, 0.25) is 0 Å². The molecule has 118 valence electrons. The third-order valence-corrected chi connectivity index (χ3v) is 5.06. The molecular formula is C17H29N3O. The Bertz CT molecular complexity index is 445. The first-order valence-electron chi connectivity index (χ1n) is 8.49. The first-order valence-corrected chi connectivity index (χ1v) is 8.49. The second-order valence-corrected chi connectivity index (χ2v) is 6.62. The second-order valence-electron chi connectivity index (χ2n) is 6.62. The van der Waals surface area contributed by atoms with Crippen molar-refractivity contribution in [3.63, 3.8) is 0 Å². The highest BCUT2D eigenvalue weighted by atomic mass is 16.3. The molecule has 2 bridgehead atoms. The van der Waals surface area contributed by atoms with Crippen molar-refractivity contribution in [1.29, 1.82) is 0 Å². The molecule has 2 fully saturated rings. The van der Waals surface area contributed by atoms with Crippen LogP contribution in [-0.4, -0.2) is 48.6 Å². The van der Waals surface area contributed by atoms with Crippen LogP contribution in [0.4, 0.5) is 0 Å². The minimum Gasteiger partial charge on any atom is -0.463 e. The fraction of sp³-hybridized carbons (Fsp3) is 0.765. The molecule has 4 nitrogen and oxygen atoms in total. The topological polar surface area (TPSA) is 31.6 Å². The van der Waals surface area contributed by atoms with E-state index in [9.17, 15) is 0 Å². The van der Waals surface area contributed by atoms with Gasteiger partial charge in [-0.05, 0) is 51.4 Å². The SMILES string of the molecule is CCCNCc1ccc(CN2CCC3CCC(C2)N3C)o1. The van der Waals surface area contributed by atoms with Gasteiger partial charge < -0.3 is 9.73 Å². The molecule has 2 aliphatic rings. The lowest BCUT2D eigenvalue weighted by molar-refractivity contribution is 0.203. The maximum absolute atomic E-state index is 5.96. The van der Waals surface area contributed by atoms with Crippen LogP contribution in [0.15, 0.2) is 16.5 Å². The lowest BCUT2D eigenvalue weighted by atomic mass is 10.1. The van der Waals surface area contributed by atoms with Crippen molar-refractivity contribution in [3.8, 4) is 0 Å². The summed E-state index contributed by atoms with van der Waals surface area (Å²) in [6.07, 6.45) is 5.22. The van der Waals surface area contributed by atoms with Gasteiger partial charge in [0.1, 0.15) is 11.5 Å². The van der Waals surface area contributed by atoms with Crippen LogP contribution in [0, 0.1) is 0 Å². The van der Waals surface area contributed by atoms with Crippen LogP contribution < -0.4 is 5.32 Å². The highest BCUT2D eigenvalue weighted by Crippen LogP contribution is 2.29. The third-order valence-electron chi connectivity index (χ3n) is 5.06. The number of nitrogens with one attached hydrogen (secondary N) is 1. The van der Waals surface area contributed by atoms with Gasteiger partial charge in [0, 0.05) is 25.2 Å². The highest BCUT2D eigenvalue weighted by Gasteiger charge is 2.34. The molecule has 0 aliphatic carbocycles. The molecule has 3 rings (SSSR count). The molecule has 0 spiro atoms. The Labute approximate surface area is 128 Å². The fourth-order valence-electron chi connectivity index (χ4n) is 3.73. The monoisotopic (exact) mass is 291 g/mol. The largest absolute Gasteiger partial charge is 0.463 e. The second kappa shape index (κ2) is 6.95. The summed E-state index contributed by atoms with van der Waals surface area (Å²) in [6, 6.07) is 5.83. The van der Waals surface area contributed by atoms with E-state index in [-0.39, 0.29) is 0 Å². The van der Waals surface area contributed by atoms with Gasteiger partial charge in [0.2, 0.25) is 0 Å². The Kier molecular flexibility index (Phi) is 4.99. The maximum Gasteiger partial charge on any atom is 0.118 e. The van der Waals surface area contributed by atoms with Crippen molar-refractivity contribution in [3.05, 3.63) is 23.7 Å². The average Bonchev–Trinajstić information content (AvgIpc) is 2.99. The molecule has 0 radical (unpaired) electrons. The summed E-state index contributed by atoms with van der Waals surface area (Å²) in [7, 11) is 2.30. The minimum atomic E-state index is 0.748. The molecule has 1 N–H and O–H groups in total. The van der Waals surface area contributed by atoms with E-state index in [0.29, 0.717) is 0 Å². The molecule has 2 saturated heterocycles. The van der Waals surface area contributed by atoms with Gasteiger partial charge in [-0.25, -0.2) is 0 Å². The summed E-state index contributed by atoms with van der Waals surface area (Å²) in [4.78, 5) is 5.17. The lowest BCUT2D eigenvalue weighted by Gasteiger charge is -2.24. The van der Waals surface area contributed by atoms with Crippen LogP contribution in [0.5, 0.6) is 0 Å². The van der Waals surface area contributed by atoms with E-state index in [1.165, 1.54) is 32.4 Å². The number of fused-ring (bicyclic) bond motifs is 2. The zero-order chi connectivity index (χ0) is 14.7. The van der Waals surface area contributed by atoms with Crippen molar-refractivity contribution >= 4 is 0 Å². The van der Waals surface area contributed by atoms with Crippen molar-refractivity contribution < 1.29 is 4.42 Å². The lowest BCUT2D eigenvalue weighted by Crippen LogP contribution is -2.36. The average molecular weight is 291 g/mol. The zero-order valence-corrected chi connectivity index (χ0v) is 13.5. The minimum absolute atomic E-state index is 0.748. The van der Waals surface area contributed by atoms with E-state index in [1.54, 1.807) is 0 Å². The Balaban J connectivity index is 1.52. The number of hydrogen-bond acceptors (Lipinski definition) is 4. The molecule has 2 unspecified atom stereocenters. The number of likely N-dealkylation sites (tertiary alicyclic amines) is 1.